The van der Waals surface area contributed by atoms with Gasteiger partial charge in [0.15, 0.2) is 0 Å². The lowest BCUT2D eigenvalue weighted by Gasteiger charge is -2.25. The Bertz CT molecular complexity index is 881. The van der Waals surface area contributed by atoms with Crippen LogP contribution in [-0.4, -0.2) is 24.5 Å². The predicted octanol–water partition coefficient (Wildman–Crippen LogP) is 4.02. The minimum Gasteiger partial charge on any atom is -0.507 e. The Balaban J connectivity index is 1.88. The first-order chi connectivity index (χ1) is 12.8. The quantitative estimate of drug-likeness (QED) is 0.718. The third-order valence-electron chi connectivity index (χ3n) is 4.72. The van der Waals surface area contributed by atoms with E-state index in [1.807, 2.05) is 66.6 Å². The van der Waals surface area contributed by atoms with Crippen molar-refractivity contribution in [3.8, 4) is 5.75 Å². The number of para-hydroxylation sites is 1. The molecule has 5 nitrogen and oxygen atoms in total. The average Bonchev–Trinajstić information content (AvgIpc) is 3.01. The minimum absolute atomic E-state index is 0.106. The summed E-state index contributed by atoms with van der Waals surface area (Å²) in [6.07, 6.45) is 5.57. The van der Waals surface area contributed by atoms with E-state index in [1.165, 1.54) is 0 Å². The number of aromatic hydroxyl groups is 1. The number of pyridine rings is 1. The molecule has 0 spiro atoms. The fourth-order valence-electron chi connectivity index (χ4n) is 3.20. The van der Waals surface area contributed by atoms with Crippen LogP contribution in [0.25, 0.3) is 0 Å². The number of benzene rings is 1. The van der Waals surface area contributed by atoms with Crippen LogP contribution in [0.5, 0.6) is 5.75 Å². The van der Waals surface area contributed by atoms with Crippen molar-refractivity contribution in [2.24, 2.45) is 7.05 Å². The van der Waals surface area contributed by atoms with Gasteiger partial charge in [-0.15, -0.1) is 0 Å². The van der Waals surface area contributed by atoms with E-state index in [-0.39, 0.29) is 5.41 Å². The number of aryl methyl sites for hydroxylation is 1. The normalized spacial score (nSPS) is 11.9. The zero-order valence-corrected chi connectivity index (χ0v) is 16.6. The zero-order chi connectivity index (χ0) is 19.4. The number of aromatic nitrogens is 3. The number of nitrogens with zero attached hydrogens (tertiary/aromatic N) is 4. The fourth-order valence-corrected chi connectivity index (χ4v) is 3.20. The van der Waals surface area contributed by atoms with E-state index < -0.39 is 0 Å². The molecule has 0 bridgehead atoms. The van der Waals surface area contributed by atoms with E-state index in [0.717, 1.165) is 22.6 Å². The highest BCUT2D eigenvalue weighted by atomic mass is 16.3. The van der Waals surface area contributed by atoms with Crippen molar-refractivity contribution in [2.45, 2.75) is 45.8 Å². The lowest BCUT2D eigenvalue weighted by molar-refractivity contribution is 0.232. The van der Waals surface area contributed by atoms with E-state index >= 15 is 0 Å². The van der Waals surface area contributed by atoms with Crippen molar-refractivity contribution in [3.63, 3.8) is 0 Å². The molecule has 0 saturated carbocycles. The van der Waals surface area contributed by atoms with Gasteiger partial charge < -0.3 is 9.67 Å². The summed E-state index contributed by atoms with van der Waals surface area (Å²) in [5.74, 6) is 1.37. The molecule has 3 aromatic rings. The maximum absolute atomic E-state index is 10.9. The molecule has 3 rings (SSSR count). The number of rotatable bonds is 6. The van der Waals surface area contributed by atoms with Crippen LogP contribution in [0.4, 0.5) is 0 Å². The summed E-state index contributed by atoms with van der Waals surface area (Å²) in [5, 5.41) is 10.9. The van der Waals surface area contributed by atoms with Gasteiger partial charge in [0, 0.05) is 44.3 Å². The Labute approximate surface area is 161 Å². The van der Waals surface area contributed by atoms with Crippen LogP contribution in [0.15, 0.2) is 55.0 Å². The molecule has 0 radical (unpaired) electrons. The van der Waals surface area contributed by atoms with Crippen LogP contribution in [0.2, 0.25) is 0 Å². The molecule has 0 atom stereocenters. The number of imidazole rings is 1. The minimum atomic E-state index is -0.106. The molecule has 27 heavy (non-hydrogen) atoms. The van der Waals surface area contributed by atoms with E-state index in [4.69, 9.17) is 0 Å². The first-order valence-corrected chi connectivity index (χ1v) is 9.24. The van der Waals surface area contributed by atoms with Crippen LogP contribution < -0.4 is 0 Å². The zero-order valence-electron chi connectivity index (χ0n) is 16.6. The van der Waals surface area contributed by atoms with E-state index in [0.29, 0.717) is 25.4 Å². The summed E-state index contributed by atoms with van der Waals surface area (Å²) >= 11 is 0. The highest BCUT2D eigenvalue weighted by molar-refractivity contribution is 5.44. The first kappa shape index (κ1) is 19.1. The van der Waals surface area contributed by atoms with E-state index in [9.17, 15) is 5.11 Å². The number of phenolic OH excluding ortho intramolecular Hbond substituents is 1. The first-order valence-electron chi connectivity index (χ1n) is 9.24. The Hall–Kier alpha value is -2.66. The highest BCUT2D eigenvalue weighted by Crippen LogP contribution is 2.33. The van der Waals surface area contributed by atoms with Crippen LogP contribution in [-0.2, 0) is 32.1 Å². The molecule has 2 aromatic heterocycles. The monoisotopic (exact) mass is 364 g/mol. The molecule has 0 aliphatic heterocycles. The molecule has 2 heterocycles. The van der Waals surface area contributed by atoms with Gasteiger partial charge in [-0.2, -0.15) is 0 Å². The number of hydrogen-bond acceptors (Lipinski definition) is 4. The second-order valence-electron chi connectivity index (χ2n) is 7.98. The second-order valence-corrected chi connectivity index (χ2v) is 7.98. The van der Waals surface area contributed by atoms with Gasteiger partial charge in [0.05, 0.1) is 12.2 Å². The van der Waals surface area contributed by atoms with E-state index in [2.05, 4.69) is 35.6 Å². The fraction of sp³-hybridized carbons (Fsp3) is 0.364. The molecule has 0 saturated heterocycles. The van der Waals surface area contributed by atoms with Crippen LogP contribution in [0, 0.1) is 0 Å². The van der Waals surface area contributed by atoms with Gasteiger partial charge in [-0.25, -0.2) is 4.98 Å². The molecule has 0 amide bonds. The molecule has 1 aromatic carbocycles. The van der Waals surface area contributed by atoms with Crippen molar-refractivity contribution in [3.05, 3.63) is 77.6 Å². The van der Waals surface area contributed by atoms with Gasteiger partial charge in [-0.05, 0) is 23.1 Å². The lowest BCUT2D eigenvalue weighted by atomic mass is 9.85. The summed E-state index contributed by atoms with van der Waals surface area (Å²) in [7, 11) is 2.00. The largest absolute Gasteiger partial charge is 0.507 e. The molecular formula is C22H28N4O. The van der Waals surface area contributed by atoms with Crippen molar-refractivity contribution in [1.29, 1.82) is 0 Å². The maximum Gasteiger partial charge on any atom is 0.123 e. The summed E-state index contributed by atoms with van der Waals surface area (Å²) in [6.45, 7) is 8.34. The lowest BCUT2D eigenvalue weighted by Crippen LogP contribution is -2.25. The molecular weight excluding hydrogens is 336 g/mol. The third kappa shape index (κ3) is 4.74. The van der Waals surface area contributed by atoms with Gasteiger partial charge in [0.1, 0.15) is 11.6 Å². The Kier molecular flexibility index (Phi) is 5.61. The summed E-state index contributed by atoms with van der Waals surface area (Å²) in [4.78, 5) is 11.2. The molecule has 142 valence electrons. The molecule has 0 aliphatic rings. The van der Waals surface area contributed by atoms with Gasteiger partial charge in [-0.3, -0.25) is 9.88 Å². The smallest absolute Gasteiger partial charge is 0.123 e. The Morgan fingerprint density at radius 3 is 2.41 bits per heavy atom. The third-order valence-corrected chi connectivity index (χ3v) is 4.72. The average molecular weight is 364 g/mol. The number of phenols is 1. The molecule has 5 heteroatoms. The molecule has 0 unspecified atom stereocenters. The van der Waals surface area contributed by atoms with Crippen molar-refractivity contribution < 1.29 is 5.11 Å². The standard InChI is InChI=1S/C22H28N4O/c1-22(2,3)19-10-7-8-17(21(19)27)14-26(15-18-9-5-6-11-23-18)16-20-24-12-13-25(20)4/h5-13,27H,14-16H2,1-4H3. The van der Waals surface area contributed by atoms with Crippen LogP contribution in [0.1, 0.15) is 43.4 Å². The highest BCUT2D eigenvalue weighted by Gasteiger charge is 2.21. The van der Waals surface area contributed by atoms with Gasteiger partial charge >= 0.3 is 0 Å². The van der Waals surface area contributed by atoms with E-state index in [1.54, 1.807) is 0 Å². The van der Waals surface area contributed by atoms with Gasteiger partial charge in [-0.1, -0.05) is 45.0 Å². The topological polar surface area (TPSA) is 54.2 Å². The predicted molar refractivity (Wildman–Crippen MR) is 107 cm³/mol. The summed E-state index contributed by atoms with van der Waals surface area (Å²) in [6, 6.07) is 12.0. The van der Waals surface area contributed by atoms with Crippen LogP contribution in [0.3, 0.4) is 0 Å². The van der Waals surface area contributed by atoms with Crippen molar-refractivity contribution in [2.75, 3.05) is 0 Å². The molecule has 0 fully saturated rings. The maximum atomic E-state index is 10.9. The summed E-state index contributed by atoms with van der Waals surface area (Å²) in [5.41, 5.74) is 2.78. The molecule has 0 aliphatic carbocycles. The van der Waals surface area contributed by atoms with Crippen molar-refractivity contribution >= 4 is 0 Å². The second kappa shape index (κ2) is 7.92. The van der Waals surface area contributed by atoms with Gasteiger partial charge in [0.2, 0.25) is 0 Å². The molecule has 1 N–H and O–H groups in total. The Morgan fingerprint density at radius 1 is 0.963 bits per heavy atom. The van der Waals surface area contributed by atoms with Gasteiger partial charge in [0.25, 0.3) is 0 Å². The Morgan fingerprint density at radius 2 is 1.78 bits per heavy atom. The SMILES string of the molecule is Cn1ccnc1CN(Cc1ccccn1)Cc1cccc(C(C)(C)C)c1O. The van der Waals surface area contributed by atoms with Crippen LogP contribution >= 0.6 is 0 Å². The number of hydrogen-bond donors (Lipinski definition) is 1. The summed E-state index contributed by atoms with van der Waals surface area (Å²) < 4.78 is 2.02. The van der Waals surface area contributed by atoms with Crippen molar-refractivity contribution in [1.82, 2.24) is 19.4 Å².